The highest BCUT2D eigenvalue weighted by molar-refractivity contribution is 5.32. The van der Waals surface area contributed by atoms with Crippen molar-refractivity contribution in [3.63, 3.8) is 0 Å². The van der Waals surface area contributed by atoms with Gasteiger partial charge in [0.2, 0.25) is 5.95 Å². The Balaban J connectivity index is 1.70. The van der Waals surface area contributed by atoms with Crippen LogP contribution in [0.1, 0.15) is 12.8 Å². The zero-order chi connectivity index (χ0) is 11.7. The first kappa shape index (κ1) is 10.9. The number of rotatable bonds is 2. The van der Waals surface area contributed by atoms with E-state index >= 15 is 0 Å². The Labute approximate surface area is 101 Å². The predicted octanol–water partition coefficient (Wildman–Crippen LogP) is 0.861. The van der Waals surface area contributed by atoms with E-state index in [2.05, 4.69) is 14.9 Å². The maximum Gasteiger partial charge on any atom is 0.225 e. The Bertz CT molecular complexity index is 387. The summed E-state index contributed by atoms with van der Waals surface area (Å²) < 4.78 is 11.3. The number of anilines is 1. The molecule has 2 aliphatic heterocycles. The fraction of sp³-hybridized carbons (Fsp3) is 0.667. The van der Waals surface area contributed by atoms with Crippen molar-refractivity contribution in [2.45, 2.75) is 24.5 Å². The van der Waals surface area contributed by atoms with Gasteiger partial charge in [0.25, 0.3) is 0 Å². The van der Waals surface area contributed by atoms with Gasteiger partial charge in [-0.15, -0.1) is 0 Å². The molecule has 3 heterocycles. The van der Waals surface area contributed by atoms with Crippen molar-refractivity contribution in [1.29, 1.82) is 0 Å². The molecule has 0 bridgehead atoms. The summed E-state index contributed by atoms with van der Waals surface area (Å²) in [6, 6.07) is 1.84. The molecule has 0 amide bonds. The molecule has 0 N–H and O–H groups in total. The van der Waals surface area contributed by atoms with Gasteiger partial charge in [0.05, 0.1) is 24.9 Å². The van der Waals surface area contributed by atoms with Crippen LogP contribution in [-0.4, -0.2) is 48.5 Å². The average Bonchev–Trinajstić information content (AvgIpc) is 2.99. The molecule has 2 saturated heterocycles. The fourth-order valence-electron chi connectivity index (χ4n) is 2.71. The van der Waals surface area contributed by atoms with Crippen LogP contribution in [0.4, 0.5) is 5.95 Å². The molecule has 1 aromatic heterocycles. The van der Waals surface area contributed by atoms with Crippen LogP contribution in [0.25, 0.3) is 0 Å². The highest BCUT2D eigenvalue weighted by atomic mass is 16.6. The second-order valence-electron chi connectivity index (χ2n) is 4.78. The molecule has 3 rings (SSSR count). The van der Waals surface area contributed by atoms with Crippen LogP contribution in [0.15, 0.2) is 18.5 Å². The zero-order valence-electron chi connectivity index (χ0n) is 10.0. The summed E-state index contributed by atoms with van der Waals surface area (Å²) in [6.07, 6.45) is 5.81. The summed E-state index contributed by atoms with van der Waals surface area (Å²) in [4.78, 5) is 10.8. The van der Waals surface area contributed by atoms with Crippen molar-refractivity contribution in [2.75, 3.05) is 31.7 Å². The van der Waals surface area contributed by atoms with Gasteiger partial charge in [-0.2, -0.15) is 0 Å². The Morgan fingerprint density at radius 1 is 1.47 bits per heavy atom. The third-order valence-electron chi connectivity index (χ3n) is 3.66. The molecule has 5 heteroatoms. The number of ether oxygens (including phenoxy) is 2. The van der Waals surface area contributed by atoms with Gasteiger partial charge in [0.1, 0.15) is 0 Å². The number of methoxy groups -OCH3 is 1. The van der Waals surface area contributed by atoms with E-state index in [1.807, 2.05) is 6.07 Å². The van der Waals surface area contributed by atoms with Gasteiger partial charge in [-0.05, 0) is 12.5 Å². The monoisotopic (exact) mass is 235 g/mol. The summed E-state index contributed by atoms with van der Waals surface area (Å²) in [5, 5.41) is 0. The quantitative estimate of drug-likeness (QED) is 0.761. The Morgan fingerprint density at radius 3 is 3.00 bits per heavy atom. The lowest BCUT2D eigenvalue weighted by Gasteiger charge is -2.23. The highest BCUT2D eigenvalue weighted by Crippen LogP contribution is 2.36. The molecular formula is C12H17N3O2. The van der Waals surface area contributed by atoms with E-state index in [0.717, 1.165) is 31.9 Å². The van der Waals surface area contributed by atoms with Gasteiger partial charge < -0.3 is 14.4 Å². The molecule has 5 nitrogen and oxygen atoms in total. The number of hydrogen-bond acceptors (Lipinski definition) is 5. The lowest BCUT2D eigenvalue weighted by atomic mass is 9.98. The standard InChI is InChI=1S/C12H17N3O2/c1-16-10-7-12(17-8-10)3-6-15(9-12)11-13-4-2-5-14-11/h2,4-5,10H,3,6-9H2,1H3/t10-,12-/m1/s1. The van der Waals surface area contributed by atoms with E-state index in [9.17, 15) is 0 Å². The van der Waals surface area contributed by atoms with Crippen LogP contribution in [0.5, 0.6) is 0 Å². The van der Waals surface area contributed by atoms with E-state index in [0.29, 0.717) is 6.61 Å². The molecule has 2 aliphatic rings. The third-order valence-corrected chi connectivity index (χ3v) is 3.66. The summed E-state index contributed by atoms with van der Waals surface area (Å²) in [7, 11) is 1.75. The SMILES string of the molecule is CO[C@H]1CO[C@]2(CCN(c3ncccn3)C2)C1. The van der Waals surface area contributed by atoms with Crippen LogP contribution >= 0.6 is 0 Å². The van der Waals surface area contributed by atoms with Gasteiger partial charge in [-0.3, -0.25) is 0 Å². The first-order valence-electron chi connectivity index (χ1n) is 6.00. The summed E-state index contributed by atoms with van der Waals surface area (Å²) >= 11 is 0. The predicted molar refractivity (Wildman–Crippen MR) is 63.0 cm³/mol. The normalized spacial score (nSPS) is 32.5. The molecule has 0 aliphatic carbocycles. The minimum atomic E-state index is -0.0418. The molecule has 92 valence electrons. The minimum absolute atomic E-state index is 0.0418. The fourth-order valence-corrected chi connectivity index (χ4v) is 2.71. The number of aromatic nitrogens is 2. The lowest BCUT2D eigenvalue weighted by molar-refractivity contribution is 0.0154. The van der Waals surface area contributed by atoms with Crippen molar-refractivity contribution in [1.82, 2.24) is 9.97 Å². The molecule has 0 radical (unpaired) electrons. The summed E-state index contributed by atoms with van der Waals surface area (Å²) in [6.45, 7) is 2.54. The van der Waals surface area contributed by atoms with E-state index in [1.54, 1.807) is 19.5 Å². The van der Waals surface area contributed by atoms with Crippen LogP contribution < -0.4 is 4.90 Å². The van der Waals surface area contributed by atoms with Crippen molar-refractivity contribution in [3.05, 3.63) is 18.5 Å². The minimum Gasteiger partial charge on any atom is -0.379 e. The molecule has 0 aromatic carbocycles. The smallest absolute Gasteiger partial charge is 0.225 e. The Kier molecular flexibility index (Phi) is 2.72. The van der Waals surface area contributed by atoms with E-state index in [4.69, 9.17) is 9.47 Å². The lowest BCUT2D eigenvalue weighted by Crippen LogP contribution is -2.33. The van der Waals surface area contributed by atoms with Gasteiger partial charge in [-0.25, -0.2) is 9.97 Å². The van der Waals surface area contributed by atoms with Gasteiger partial charge >= 0.3 is 0 Å². The first-order valence-corrected chi connectivity index (χ1v) is 6.00. The Hall–Kier alpha value is -1.20. The zero-order valence-corrected chi connectivity index (χ0v) is 10.0. The van der Waals surface area contributed by atoms with Crippen LogP contribution in [0.3, 0.4) is 0 Å². The van der Waals surface area contributed by atoms with E-state index < -0.39 is 0 Å². The van der Waals surface area contributed by atoms with Crippen molar-refractivity contribution in [3.8, 4) is 0 Å². The summed E-state index contributed by atoms with van der Waals surface area (Å²) in [5.74, 6) is 0.800. The molecule has 2 fully saturated rings. The molecule has 1 aromatic rings. The topological polar surface area (TPSA) is 47.5 Å². The number of hydrogen-bond donors (Lipinski definition) is 0. The molecule has 0 saturated carbocycles. The largest absolute Gasteiger partial charge is 0.379 e. The van der Waals surface area contributed by atoms with Crippen LogP contribution in [0, 0.1) is 0 Å². The molecule has 17 heavy (non-hydrogen) atoms. The van der Waals surface area contributed by atoms with Gasteiger partial charge in [0.15, 0.2) is 0 Å². The van der Waals surface area contributed by atoms with Crippen molar-refractivity contribution >= 4 is 5.95 Å². The third kappa shape index (κ3) is 2.00. The van der Waals surface area contributed by atoms with Crippen molar-refractivity contribution < 1.29 is 9.47 Å². The number of nitrogens with zero attached hydrogens (tertiary/aromatic N) is 3. The van der Waals surface area contributed by atoms with Crippen molar-refractivity contribution in [2.24, 2.45) is 0 Å². The maximum absolute atomic E-state index is 5.93. The Morgan fingerprint density at radius 2 is 2.29 bits per heavy atom. The van der Waals surface area contributed by atoms with E-state index in [-0.39, 0.29) is 11.7 Å². The highest BCUT2D eigenvalue weighted by Gasteiger charge is 2.46. The van der Waals surface area contributed by atoms with Crippen LogP contribution in [0.2, 0.25) is 0 Å². The molecular weight excluding hydrogens is 218 g/mol. The summed E-state index contributed by atoms with van der Waals surface area (Å²) in [5.41, 5.74) is -0.0418. The van der Waals surface area contributed by atoms with E-state index in [1.165, 1.54) is 0 Å². The average molecular weight is 235 g/mol. The second-order valence-corrected chi connectivity index (χ2v) is 4.78. The van der Waals surface area contributed by atoms with Gasteiger partial charge in [-0.1, -0.05) is 0 Å². The van der Waals surface area contributed by atoms with Crippen LogP contribution in [-0.2, 0) is 9.47 Å². The molecule has 1 spiro atoms. The molecule has 2 atom stereocenters. The maximum atomic E-state index is 5.93. The van der Waals surface area contributed by atoms with Gasteiger partial charge in [0, 0.05) is 32.5 Å². The second kappa shape index (κ2) is 4.23. The first-order chi connectivity index (χ1) is 8.31. The molecule has 0 unspecified atom stereocenters.